The molecule has 52 valence electrons. The molecule has 0 aliphatic rings. The molecule has 0 aliphatic carbocycles. The Morgan fingerprint density at radius 2 is 2.20 bits per heavy atom. The molecule has 3 heteroatoms. The first-order valence-electron chi connectivity index (χ1n) is 2.85. The fourth-order valence-electron chi connectivity index (χ4n) is 0.883. The summed E-state index contributed by atoms with van der Waals surface area (Å²) in [6, 6.07) is 5.96. The zero-order chi connectivity index (χ0) is 6.10. The van der Waals surface area contributed by atoms with E-state index in [0.29, 0.717) is 0 Å². The van der Waals surface area contributed by atoms with Gasteiger partial charge in [-0.05, 0) is 18.2 Å². The topological polar surface area (TPSA) is 60.2 Å². The van der Waals surface area contributed by atoms with Gasteiger partial charge in [-0.25, -0.2) is 4.98 Å². The number of aromatic nitrogens is 2. The van der Waals surface area contributed by atoms with Crippen LogP contribution in [0.15, 0.2) is 30.6 Å². The predicted molar refractivity (Wildman–Crippen MR) is 39.7 cm³/mol. The summed E-state index contributed by atoms with van der Waals surface area (Å²) in [6.45, 7) is 0. The Kier molecular flexibility index (Phi) is 1.69. The van der Waals surface area contributed by atoms with Gasteiger partial charge in [0.25, 0.3) is 0 Å². The Bertz CT molecular complexity index is 286. The van der Waals surface area contributed by atoms with Crippen LogP contribution in [-0.4, -0.2) is 15.4 Å². The lowest BCUT2D eigenvalue weighted by molar-refractivity contribution is 0.824. The van der Waals surface area contributed by atoms with E-state index in [1.165, 1.54) is 0 Å². The molecule has 0 radical (unpaired) electrons. The molecule has 2 heterocycles. The average molecular weight is 136 g/mol. The SMILES string of the molecule is O.c1cnc2[nH]ccc2c1. The predicted octanol–water partition coefficient (Wildman–Crippen LogP) is 0.738. The summed E-state index contributed by atoms with van der Waals surface area (Å²) >= 11 is 0. The normalized spacial score (nSPS) is 9.20. The quantitative estimate of drug-likeness (QED) is 0.570. The minimum Gasteiger partial charge on any atom is -0.412 e. The summed E-state index contributed by atoms with van der Waals surface area (Å²) in [6.07, 6.45) is 3.66. The second-order valence-electron chi connectivity index (χ2n) is 1.92. The largest absolute Gasteiger partial charge is 0.412 e. The Balaban J connectivity index is 0.000000500. The molecular weight excluding hydrogens is 128 g/mol. The number of rotatable bonds is 0. The third-order valence-corrected chi connectivity index (χ3v) is 1.32. The van der Waals surface area contributed by atoms with Gasteiger partial charge in [-0.3, -0.25) is 0 Å². The van der Waals surface area contributed by atoms with Gasteiger partial charge in [-0.15, -0.1) is 0 Å². The van der Waals surface area contributed by atoms with E-state index >= 15 is 0 Å². The van der Waals surface area contributed by atoms with E-state index in [1.54, 1.807) is 6.20 Å². The van der Waals surface area contributed by atoms with E-state index in [-0.39, 0.29) is 5.48 Å². The van der Waals surface area contributed by atoms with E-state index in [2.05, 4.69) is 9.97 Å². The van der Waals surface area contributed by atoms with Crippen molar-refractivity contribution in [2.75, 3.05) is 0 Å². The van der Waals surface area contributed by atoms with Crippen LogP contribution in [0.4, 0.5) is 0 Å². The Hall–Kier alpha value is -1.35. The maximum absolute atomic E-state index is 4.09. The van der Waals surface area contributed by atoms with Crippen molar-refractivity contribution in [1.29, 1.82) is 0 Å². The molecule has 0 amide bonds. The molecule has 0 bridgehead atoms. The van der Waals surface area contributed by atoms with Crippen LogP contribution in [0.5, 0.6) is 0 Å². The Morgan fingerprint density at radius 3 is 3.00 bits per heavy atom. The van der Waals surface area contributed by atoms with Crippen molar-refractivity contribution in [1.82, 2.24) is 9.97 Å². The highest BCUT2D eigenvalue weighted by Crippen LogP contribution is 2.05. The number of hydrogen-bond donors (Lipinski definition) is 1. The summed E-state index contributed by atoms with van der Waals surface area (Å²) in [5, 5.41) is 1.16. The third kappa shape index (κ3) is 0.867. The zero-order valence-electron chi connectivity index (χ0n) is 5.33. The number of hydrogen-bond acceptors (Lipinski definition) is 1. The zero-order valence-corrected chi connectivity index (χ0v) is 5.33. The molecule has 0 saturated heterocycles. The first kappa shape index (κ1) is 6.77. The van der Waals surface area contributed by atoms with Crippen LogP contribution in [0.25, 0.3) is 11.0 Å². The summed E-state index contributed by atoms with van der Waals surface area (Å²) in [4.78, 5) is 7.09. The van der Waals surface area contributed by atoms with Crippen molar-refractivity contribution in [3.63, 3.8) is 0 Å². The van der Waals surface area contributed by atoms with Crippen molar-refractivity contribution in [2.45, 2.75) is 0 Å². The fourth-order valence-corrected chi connectivity index (χ4v) is 0.883. The van der Waals surface area contributed by atoms with Crippen LogP contribution >= 0.6 is 0 Å². The number of fused-ring (bicyclic) bond motifs is 1. The number of nitrogens with one attached hydrogen (secondary N) is 1. The standard InChI is InChI=1S/C7H6N2.H2O/c1-2-6-3-5-9-7(6)8-4-1;/h1-5H,(H,8,9);1H2. The molecule has 0 fully saturated rings. The third-order valence-electron chi connectivity index (χ3n) is 1.32. The van der Waals surface area contributed by atoms with Crippen LogP contribution in [0, 0.1) is 0 Å². The van der Waals surface area contributed by atoms with Gasteiger partial charge in [0.2, 0.25) is 0 Å². The van der Waals surface area contributed by atoms with Crippen molar-refractivity contribution < 1.29 is 5.48 Å². The van der Waals surface area contributed by atoms with Crippen molar-refractivity contribution in [2.24, 2.45) is 0 Å². The molecule has 3 N–H and O–H groups in total. The first-order chi connectivity index (χ1) is 4.47. The van der Waals surface area contributed by atoms with Gasteiger partial charge in [0.05, 0.1) is 0 Å². The molecule has 0 atom stereocenters. The molecule has 0 saturated carbocycles. The molecule has 0 unspecified atom stereocenters. The second-order valence-corrected chi connectivity index (χ2v) is 1.92. The molecule has 0 spiro atoms. The molecule has 2 rings (SSSR count). The summed E-state index contributed by atoms with van der Waals surface area (Å²) in [5.74, 6) is 0. The van der Waals surface area contributed by atoms with Gasteiger partial charge in [-0.2, -0.15) is 0 Å². The molecule has 0 aromatic carbocycles. The molecule has 2 aromatic heterocycles. The highest BCUT2D eigenvalue weighted by molar-refractivity contribution is 5.74. The molecule has 10 heavy (non-hydrogen) atoms. The summed E-state index contributed by atoms with van der Waals surface area (Å²) in [5.41, 5.74) is 0.956. The van der Waals surface area contributed by atoms with E-state index in [1.807, 2.05) is 24.4 Å². The van der Waals surface area contributed by atoms with Crippen LogP contribution < -0.4 is 0 Å². The number of aromatic amines is 1. The highest BCUT2D eigenvalue weighted by Gasteiger charge is 1.88. The van der Waals surface area contributed by atoms with Crippen LogP contribution in [0.2, 0.25) is 0 Å². The number of nitrogens with zero attached hydrogens (tertiary/aromatic N) is 1. The summed E-state index contributed by atoms with van der Waals surface area (Å²) < 4.78 is 0. The lowest BCUT2D eigenvalue weighted by atomic mass is 10.3. The number of pyridine rings is 1. The fraction of sp³-hybridized carbons (Fsp3) is 0. The van der Waals surface area contributed by atoms with E-state index in [4.69, 9.17) is 0 Å². The minimum atomic E-state index is 0. The summed E-state index contributed by atoms with van der Waals surface area (Å²) in [7, 11) is 0. The molecule has 2 aromatic rings. The number of H-pyrrole nitrogens is 1. The maximum Gasteiger partial charge on any atom is 0.137 e. The van der Waals surface area contributed by atoms with Crippen molar-refractivity contribution >= 4 is 11.0 Å². The second kappa shape index (κ2) is 2.49. The molecule has 3 nitrogen and oxygen atoms in total. The van der Waals surface area contributed by atoms with E-state index in [0.717, 1.165) is 11.0 Å². The average Bonchev–Trinajstić information content (AvgIpc) is 2.33. The van der Waals surface area contributed by atoms with E-state index in [9.17, 15) is 0 Å². The van der Waals surface area contributed by atoms with Crippen LogP contribution in [0.1, 0.15) is 0 Å². The van der Waals surface area contributed by atoms with Gasteiger partial charge in [0.1, 0.15) is 5.65 Å². The molecular formula is C7H8N2O. The van der Waals surface area contributed by atoms with Gasteiger partial charge < -0.3 is 10.5 Å². The van der Waals surface area contributed by atoms with Gasteiger partial charge in [-0.1, -0.05) is 0 Å². The minimum absolute atomic E-state index is 0. The van der Waals surface area contributed by atoms with Gasteiger partial charge in [0, 0.05) is 17.8 Å². The molecule has 0 aliphatic heterocycles. The smallest absolute Gasteiger partial charge is 0.137 e. The monoisotopic (exact) mass is 136 g/mol. The first-order valence-corrected chi connectivity index (χ1v) is 2.85. The Morgan fingerprint density at radius 1 is 1.30 bits per heavy atom. The maximum atomic E-state index is 4.09. The van der Waals surface area contributed by atoms with Crippen molar-refractivity contribution in [3.8, 4) is 0 Å². The van der Waals surface area contributed by atoms with Gasteiger partial charge >= 0.3 is 0 Å². The van der Waals surface area contributed by atoms with Crippen molar-refractivity contribution in [3.05, 3.63) is 30.6 Å². The van der Waals surface area contributed by atoms with Gasteiger partial charge in [0.15, 0.2) is 0 Å². The lowest BCUT2D eigenvalue weighted by Crippen LogP contribution is -1.70. The van der Waals surface area contributed by atoms with Crippen LogP contribution in [-0.2, 0) is 0 Å². The Labute approximate surface area is 58.0 Å². The lowest BCUT2D eigenvalue weighted by Gasteiger charge is -1.82. The van der Waals surface area contributed by atoms with Crippen LogP contribution in [0.3, 0.4) is 0 Å². The highest BCUT2D eigenvalue weighted by atomic mass is 16.0. The van der Waals surface area contributed by atoms with E-state index < -0.39 is 0 Å².